The van der Waals surface area contributed by atoms with Gasteiger partial charge in [-0.2, -0.15) is 5.26 Å². The van der Waals surface area contributed by atoms with Crippen LogP contribution in [0.3, 0.4) is 0 Å². The Labute approximate surface area is 119 Å². The number of hydrogen-bond acceptors (Lipinski definition) is 4. The van der Waals surface area contributed by atoms with Crippen LogP contribution in [0.25, 0.3) is 0 Å². The lowest BCUT2D eigenvalue weighted by Crippen LogP contribution is -2.53. The number of hydrogen-bond donors (Lipinski definition) is 2. The molecule has 0 aromatic heterocycles. The van der Waals surface area contributed by atoms with Crippen LogP contribution in [0.15, 0.2) is 18.2 Å². The average Bonchev–Trinajstić information content (AvgIpc) is 2.46. The first-order valence-corrected chi connectivity index (χ1v) is 7.39. The maximum atomic E-state index is 10.7. The molecule has 0 amide bonds. The van der Waals surface area contributed by atoms with Crippen LogP contribution in [0.5, 0.6) is 0 Å². The van der Waals surface area contributed by atoms with E-state index in [1.54, 1.807) is 6.07 Å². The van der Waals surface area contributed by atoms with Crippen LogP contribution < -0.4 is 10.6 Å². The predicted octanol–water partition coefficient (Wildman–Crippen LogP) is 2.27. The van der Waals surface area contributed by atoms with Gasteiger partial charge < -0.3 is 15.7 Å². The van der Waals surface area contributed by atoms with Gasteiger partial charge in [-0.25, -0.2) is 0 Å². The summed E-state index contributed by atoms with van der Waals surface area (Å²) in [6.07, 6.45) is 5.25. The van der Waals surface area contributed by atoms with Crippen molar-refractivity contribution in [3.05, 3.63) is 23.8 Å². The van der Waals surface area contributed by atoms with Crippen LogP contribution in [-0.2, 0) is 0 Å². The monoisotopic (exact) mass is 271 g/mol. The summed E-state index contributed by atoms with van der Waals surface area (Å²) in [7, 11) is 0. The fourth-order valence-electron chi connectivity index (χ4n) is 3.65. The molecule has 1 heterocycles. The zero-order valence-corrected chi connectivity index (χ0v) is 11.7. The van der Waals surface area contributed by atoms with Gasteiger partial charge in [0, 0.05) is 24.7 Å². The Hall–Kier alpha value is -1.73. The number of fused-ring (bicyclic) bond motifs is 1. The molecule has 0 bridgehead atoms. The number of benzene rings is 1. The second-order valence-electron chi connectivity index (χ2n) is 6.13. The minimum Gasteiger partial charge on any atom is -0.398 e. The number of nitrogens with zero attached hydrogens (tertiary/aromatic N) is 2. The van der Waals surface area contributed by atoms with E-state index in [1.165, 1.54) is 6.42 Å². The summed E-state index contributed by atoms with van der Waals surface area (Å²) in [6.45, 7) is 1.75. The Bertz CT molecular complexity index is 551. The summed E-state index contributed by atoms with van der Waals surface area (Å²) in [5.41, 5.74) is 7.57. The number of anilines is 2. The van der Waals surface area contributed by atoms with Crippen molar-refractivity contribution in [2.75, 3.05) is 23.7 Å². The lowest BCUT2D eigenvalue weighted by atomic mass is 9.71. The van der Waals surface area contributed by atoms with Crippen molar-refractivity contribution in [2.24, 2.45) is 5.92 Å². The molecule has 20 heavy (non-hydrogen) atoms. The number of nitrogen functional groups attached to an aromatic ring is 1. The number of rotatable bonds is 1. The molecular formula is C16H21N3O. The van der Waals surface area contributed by atoms with Crippen LogP contribution in [0.4, 0.5) is 11.4 Å². The maximum absolute atomic E-state index is 10.7. The highest BCUT2D eigenvalue weighted by Crippen LogP contribution is 2.41. The van der Waals surface area contributed by atoms with Crippen molar-refractivity contribution >= 4 is 11.4 Å². The molecule has 3 rings (SSSR count). The third-order valence-corrected chi connectivity index (χ3v) is 4.95. The zero-order chi connectivity index (χ0) is 14.2. The van der Waals surface area contributed by atoms with Gasteiger partial charge in [-0.3, -0.25) is 0 Å². The molecule has 2 atom stereocenters. The van der Waals surface area contributed by atoms with Gasteiger partial charge in [0.15, 0.2) is 0 Å². The van der Waals surface area contributed by atoms with Gasteiger partial charge in [0.1, 0.15) is 6.07 Å². The van der Waals surface area contributed by atoms with E-state index < -0.39 is 5.60 Å². The average molecular weight is 271 g/mol. The van der Waals surface area contributed by atoms with Crippen LogP contribution in [0.1, 0.15) is 37.7 Å². The fraction of sp³-hybridized carbons (Fsp3) is 0.562. The zero-order valence-electron chi connectivity index (χ0n) is 11.7. The number of piperidine rings is 1. The molecule has 2 aliphatic rings. The quantitative estimate of drug-likeness (QED) is 0.768. The second kappa shape index (κ2) is 4.99. The molecule has 1 aromatic carbocycles. The highest BCUT2D eigenvalue weighted by atomic mass is 16.3. The molecule has 3 N–H and O–H groups in total. The van der Waals surface area contributed by atoms with Gasteiger partial charge in [0.05, 0.1) is 16.9 Å². The Kier molecular flexibility index (Phi) is 3.31. The lowest BCUT2D eigenvalue weighted by Gasteiger charge is -2.48. The number of aliphatic hydroxyl groups is 1. The normalized spacial score (nSPS) is 29.6. The molecule has 2 fully saturated rings. The van der Waals surface area contributed by atoms with Crippen LogP contribution in [0, 0.1) is 17.2 Å². The van der Waals surface area contributed by atoms with Crippen molar-refractivity contribution in [3.63, 3.8) is 0 Å². The molecule has 1 aliphatic heterocycles. The van der Waals surface area contributed by atoms with Crippen molar-refractivity contribution in [3.8, 4) is 6.07 Å². The summed E-state index contributed by atoms with van der Waals surface area (Å²) in [6, 6.07) is 7.72. The first-order valence-electron chi connectivity index (χ1n) is 7.39. The van der Waals surface area contributed by atoms with Crippen molar-refractivity contribution in [1.29, 1.82) is 5.26 Å². The smallest absolute Gasteiger partial charge is 0.101 e. The van der Waals surface area contributed by atoms with E-state index in [0.717, 1.165) is 44.5 Å². The van der Waals surface area contributed by atoms with E-state index in [-0.39, 0.29) is 0 Å². The third-order valence-electron chi connectivity index (χ3n) is 4.95. The molecule has 0 radical (unpaired) electrons. The van der Waals surface area contributed by atoms with E-state index in [4.69, 9.17) is 11.0 Å². The van der Waals surface area contributed by atoms with Gasteiger partial charge in [-0.15, -0.1) is 0 Å². The summed E-state index contributed by atoms with van der Waals surface area (Å²) >= 11 is 0. The van der Waals surface area contributed by atoms with Gasteiger partial charge in [0.2, 0.25) is 0 Å². The summed E-state index contributed by atoms with van der Waals surface area (Å²) in [4.78, 5) is 2.29. The van der Waals surface area contributed by atoms with Crippen molar-refractivity contribution in [1.82, 2.24) is 0 Å². The second-order valence-corrected chi connectivity index (χ2v) is 6.13. The van der Waals surface area contributed by atoms with E-state index in [9.17, 15) is 5.11 Å². The number of nitriles is 1. The molecule has 4 heteroatoms. The van der Waals surface area contributed by atoms with Gasteiger partial charge >= 0.3 is 0 Å². The summed E-state index contributed by atoms with van der Waals surface area (Å²) in [5, 5.41) is 19.6. The SMILES string of the molecule is N#Cc1ccc(N2CCC3(O)CCCCC3C2)cc1N. The van der Waals surface area contributed by atoms with Crippen molar-refractivity contribution < 1.29 is 5.11 Å². The van der Waals surface area contributed by atoms with E-state index in [1.807, 2.05) is 12.1 Å². The molecule has 1 aromatic rings. The lowest BCUT2D eigenvalue weighted by molar-refractivity contribution is -0.0612. The van der Waals surface area contributed by atoms with Gasteiger partial charge in [0.25, 0.3) is 0 Å². The highest BCUT2D eigenvalue weighted by molar-refractivity contribution is 5.63. The van der Waals surface area contributed by atoms with E-state index >= 15 is 0 Å². The van der Waals surface area contributed by atoms with Gasteiger partial charge in [-0.1, -0.05) is 12.8 Å². The molecule has 1 aliphatic carbocycles. The van der Waals surface area contributed by atoms with Crippen LogP contribution in [0.2, 0.25) is 0 Å². The third kappa shape index (κ3) is 2.23. The predicted molar refractivity (Wildman–Crippen MR) is 79.3 cm³/mol. The van der Waals surface area contributed by atoms with Crippen LogP contribution in [-0.4, -0.2) is 23.8 Å². The Morgan fingerprint density at radius 1 is 1.35 bits per heavy atom. The molecule has 0 spiro atoms. The summed E-state index contributed by atoms with van der Waals surface area (Å²) in [5.74, 6) is 0.363. The minimum atomic E-state index is -0.451. The maximum Gasteiger partial charge on any atom is 0.101 e. The first-order chi connectivity index (χ1) is 9.62. The van der Waals surface area contributed by atoms with Gasteiger partial charge in [-0.05, 0) is 37.5 Å². The largest absolute Gasteiger partial charge is 0.398 e. The fourth-order valence-corrected chi connectivity index (χ4v) is 3.65. The Morgan fingerprint density at radius 3 is 2.95 bits per heavy atom. The van der Waals surface area contributed by atoms with E-state index in [0.29, 0.717) is 17.2 Å². The molecule has 106 valence electrons. The molecule has 1 saturated heterocycles. The molecule has 4 nitrogen and oxygen atoms in total. The Morgan fingerprint density at radius 2 is 2.20 bits per heavy atom. The highest BCUT2D eigenvalue weighted by Gasteiger charge is 2.42. The first kappa shape index (κ1) is 13.3. The molecule has 1 saturated carbocycles. The summed E-state index contributed by atoms with van der Waals surface area (Å²) < 4.78 is 0. The number of nitrogens with two attached hydrogens (primary N) is 1. The Balaban J connectivity index is 1.79. The van der Waals surface area contributed by atoms with Crippen LogP contribution >= 0.6 is 0 Å². The van der Waals surface area contributed by atoms with Crippen molar-refractivity contribution in [2.45, 2.75) is 37.7 Å². The molecule has 2 unspecified atom stereocenters. The molecular weight excluding hydrogens is 250 g/mol. The van der Waals surface area contributed by atoms with E-state index in [2.05, 4.69) is 11.0 Å². The topological polar surface area (TPSA) is 73.3 Å². The standard InChI is InChI=1S/C16H21N3O/c17-10-12-4-5-14(9-15(12)18)19-8-7-16(20)6-2-1-3-13(16)11-19/h4-5,9,13,20H,1-3,6-8,11,18H2. The minimum absolute atomic E-state index is 0.363.